The fourth-order valence-corrected chi connectivity index (χ4v) is 2.24. The molecule has 0 aliphatic heterocycles. The minimum atomic E-state index is 0.364. The van der Waals surface area contributed by atoms with Crippen LogP contribution in [0.3, 0.4) is 0 Å². The van der Waals surface area contributed by atoms with Crippen molar-refractivity contribution >= 4 is 5.69 Å². The molecule has 0 aliphatic rings. The van der Waals surface area contributed by atoms with Crippen molar-refractivity contribution < 1.29 is 0 Å². The number of nitrogens with zero attached hydrogens (tertiary/aromatic N) is 1. The molecule has 0 amide bonds. The first-order valence-electron chi connectivity index (χ1n) is 7.12. The molecule has 0 saturated heterocycles. The molecule has 0 unspecified atom stereocenters. The summed E-state index contributed by atoms with van der Waals surface area (Å²) in [6.45, 7) is 5.24. The Labute approximate surface area is 122 Å². The molecule has 0 aromatic heterocycles. The fraction of sp³-hybridized carbons (Fsp3) is 0.333. The summed E-state index contributed by atoms with van der Waals surface area (Å²) in [6, 6.07) is 17.7. The van der Waals surface area contributed by atoms with Gasteiger partial charge in [0.25, 0.3) is 0 Å². The van der Waals surface area contributed by atoms with Crippen LogP contribution in [0.5, 0.6) is 0 Å². The van der Waals surface area contributed by atoms with Crippen LogP contribution < -0.4 is 10.2 Å². The summed E-state index contributed by atoms with van der Waals surface area (Å²) in [5, 5.41) is 3.58. The van der Waals surface area contributed by atoms with Crippen LogP contribution in [-0.4, -0.2) is 14.1 Å². The second-order valence-electron chi connectivity index (χ2n) is 5.58. The maximum atomic E-state index is 3.58. The third-order valence-corrected chi connectivity index (χ3v) is 3.61. The van der Waals surface area contributed by atoms with E-state index in [9.17, 15) is 0 Å². The van der Waals surface area contributed by atoms with Gasteiger partial charge < -0.3 is 10.2 Å². The van der Waals surface area contributed by atoms with E-state index in [1.807, 2.05) is 0 Å². The zero-order valence-electron chi connectivity index (χ0n) is 12.9. The van der Waals surface area contributed by atoms with Gasteiger partial charge in [-0.25, -0.2) is 0 Å². The first-order chi connectivity index (χ1) is 9.56. The van der Waals surface area contributed by atoms with Gasteiger partial charge in [0.1, 0.15) is 0 Å². The molecule has 20 heavy (non-hydrogen) atoms. The molecular weight excluding hydrogens is 244 g/mol. The Kier molecular flexibility index (Phi) is 4.80. The van der Waals surface area contributed by atoms with Gasteiger partial charge in [-0.15, -0.1) is 0 Å². The SMILES string of the molecule is Cc1cccc([C@@H](C)NCc2ccc(N(C)C)cc2)c1. The zero-order valence-corrected chi connectivity index (χ0v) is 12.9. The van der Waals surface area contributed by atoms with Crippen molar-refractivity contribution in [2.45, 2.75) is 26.4 Å². The maximum Gasteiger partial charge on any atom is 0.0361 e. The monoisotopic (exact) mass is 268 g/mol. The van der Waals surface area contributed by atoms with Gasteiger partial charge in [0, 0.05) is 32.4 Å². The second-order valence-corrected chi connectivity index (χ2v) is 5.58. The van der Waals surface area contributed by atoms with Crippen molar-refractivity contribution in [3.8, 4) is 0 Å². The van der Waals surface area contributed by atoms with Crippen LogP contribution in [0, 0.1) is 6.92 Å². The number of hydrogen-bond acceptors (Lipinski definition) is 2. The fourth-order valence-electron chi connectivity index (χ4n) is 2.24. The largest absolute Gasteiger partial charge is 0.378 e. The quantitative estimate of drug-likeness (QED) is 0.884. The lowest BCUT2D eigenvalue weighted by Gasteiger charge is -2.16. The third kappa shape index (κ3) is 3.84. The average molecular weight is 268 g/mol. The lowest BCUT2D eigenvalue weighted by molar-refractivity contribution is 0.574. The topological polar surface area (TPSA) is 15.3 Å². The van der Waals surface area contributed by atoms with Crippen LogP contribution in [-0.2, 0) is 6.54 Å². The first-order valence-corrected chi connectivity index (χ1v) is 7.12. The van der Waals surface area contributed by atoms with E-state index in [0.29, 0.717) is 6.04 Å². The Balaban J connectivity index is 1.94. The summed E-state index contributed by atoms with van der Waals surface area (Å²) in [5.74, 6) is 0. The summed E-state index contributed by atoms with van der Waals surface area (Å²) in [7, 11) is 4.13. The van der Waals surface area contributed by atoms with Crippen LogP contribution in [0.1, 0.15) is 29.7 Å². The summed E-state index contributed by atoms with van der Waals surface area (Å²) >= 11 is 0. The Morgan fingerprint density at radius 1 is 1.05 bits per heavy atom. The molecule has 2 rings (SSSR count). The molecular formula is C18H24N2. The van der Waals surface area contributed by atoms with Crippen LogP contribution in [0.25, 0.3) is 0 Å². The molecule has 2 aromatic carbocycles. The van der Waals surface area contributed by atoms with Gasteiger partial charge in [-0.05, 0) is 37.1 Å². The highest BCUT2D eigenvalue weighted by molar-refractivity contribution is 5.46. The number of anilines is 1. The van der Waals surface area contributed by atoms with Crippen molar-refractivity contribution in [3.05, 3.63) is 65.2 Å². The van der Waals surface area contributed by atoms with E-state index < -0.39 is 0 Å². The molecule has 2 heteroatoms. The van der Waals surface area contributed by atoms with Gasteiger partial charge in [0.15, 0.2) is 0 Å². The summed E-state index contributed by atoms with van der Waals surface area (Å²) in [4.78, 5) is 2.12. The van der Waals surface area contributed by atoms with Crippen LogP contribution in [0.15, 0.2) is 48.5 Å². The van der Waals surface area contributed by atoms with Crippen LogP contribution >= 0.6 is 0 Å². The third-order valence-electron chi connectivity index (χ3n) is 3.61. The summed E-state index contributed by atoms with van der Waals surface area (Å²) in [6.07, 6.45) is 0. The molecule has 0 heterocycles. The smallest absolute Gasteiger partial charge is 0.0361 e. The van der Waals surface area contributed by atoms with Crippen LogP contribution in [0.4, 0.5) is 5.69 Å². The van der Waals surface area contributed by atoms with Gasteiger partial charge in [0.05, 0.1) is 0 Å². The molecule has 0 radical (unpaired) electrons. The van der Waals surface area contributed by atoms with E-state index in [0.717, 1.165) is 6.54 Å². The molecule has 1 N–H and O–H groups in total. The Bertz CT molecular complexity index is 544. The highest BCUT2D eigenvalue weighted by Crippen LogP contribution is 2.16. The summed E-state index contributed by atoms with van der Waals surface area (Å²) in [5.41, 5.74) is 5.21. The van der Waals surface area contributed by atoms with Gasteiger partial charge in [0.2, 0.25) is 0 Å². The van der Waals surface area contributed by atoms with Gasteiger partial charge in [-0.3, -0.25) is 0 Å². The van der Waals surface area contributed by atoms with E-state index in [4.69, 9.17) is 0 Å². The highest BCUT2D eigenvalue weighted by atomic mass is 15.1. The van der Waals surface area contributed by atoms with Crippen molar-refractivity contribution in [1.29, 1.82) is 0 Å². The average Bonchev–Trinajstić information content (AvgIpc) is 2.45. The lowest BCUT2D eigenvalue weighted by atomic mass is 10.1. The molecule has 2 nitrogen and oxygen atoms in total. The maximum absolute atomic E-state index is 3.58. The normalized spacial score (nSPS) is 12.2. The summed E-state index contributed by atoms with van der Waals surface area (Å²) < 4.78 is 0. The molecule has 0 aliphatic carbocycles. The van der Waals surface area contributed by atoms with Crippen molar-refractivity contribution in [2.24, 2.45) is 0 Å². The molecule has 0 bridgehead atoms. The Morgan fingerprint density at radius 2 is 1.75 bits per heavy atom. The minimum absolute atomic E-state index is 0.364. The number of nitrogens with one attached hydrogen (secondary N) is 1. The number of aryl methyl sites for hydroxylation is 1. The minimum Gasteiger partial charge on any atom is -0.378 e. The number of hydrogen-bond donors (Lipinski definition) is 1. The highest BCUT2D eigenvalue weighted by Gasteiger charge is 2.05. The molecule has 106 valence electrons. The predicted molar refractivity (Wildman–Crippen MR) is 87.2 cm³/mol. The number of benzene rings is 2. The van der Waals surface area contributed by atoms with E-state index in [1.165, 1.54) is 22.4 Å². The molecule has 1 atom stereocenters. The molecule has 0 fully saturated rings. The van der Waals surface area contributed by atoms with E-state index >= 15 is 0 Å². The van der Waals surface area contributed by atoms with Crippen molar-refractivity contribution in [3.63, 3.8) is 0 Å². The first kappa shape index (κ1) is 14.6. The van der Waals surface area contributed by atoms with Gasteiger partial charge in [-0.2, -0.15) is 0 Å². The Morgan fingerprint density at radius 3 is 2.35 bits per heavy atom. The van der Waals surface area contributed by atoms with E-state index in [1.54, 1.807) is 0 Å². The molecule has 0 spiro atoms. The van der Waals surface area contributed by atoms with Crippen molar-refractivity contribution in [2.75, 3.05) is 19.0 Å². The van der Waals surface area contributed by atoms with Gasteiger partial charge in [-0.1, -0.05) is 42.0 Å². The Hall–Kier alpha value is -1.80. The standard InChI is InChI=1S/C18H24N2/c1-14-6-5-7-17(12-14)15(2)19-13-16-8-10-18(11-9-16)20(3)4/h5-12,15,19H,13H2,1-4H3/t15-/m1/s1. The second kappa shape index (κ2) is 6.58. The van der Waals surface area contributed by atoms with Gasteiger partial charge >= 0.3 is 0 Å². The molecule has 0 saturated carbocycles. The number of rotatable bonds is 5. The molecule has 2 aromatic rings. The van der Waals surface area contributed by atoms with Crippen molar-refractivity contribution in [1.82, 2.24) is 5.32 Å². The van der Waals surface area contributed by atoms with E-state index in [-0.39, 0.29) is 0 Å². The van der Waals surface area contributed by atoms with Crippen LogP contribution in [0.2, 0.25) is 0 Å². The zero-order chi connectivity index (χ0) is 14.5. The lowest BCUT2D eigenvalue weighted by Crippen LogP contribution is -2.18. The predicted octanol–water partition coefficient (Wildman–Crippen LogP) is 3.91. The van der Waals surface area contributed by atoms with E-state index in [2.05, 4.69) is 86.7 Å².